The molecule has 0 aliphatic carbocycles. The van der Waals surface area contributed by atoms with Crippen LogP contribution in [0.5, 0.6) is 0 Å². The van der Waals surface area contributed by atoms with E-state index in [1.54, 1.807) is 10.6 Å². The molecule has 0 unspecified atom stereocenters. The molecule has 1 saturated heterocycles. The summed E-state index contributed by atoms with van der Waals surface area (Å²) in [5.41, 5.74) is 0. The van der Waals surface area contributed by atoms with Crippen LogP contribution in [0.25, 0.3) is 0 Å². The summed E-state index contributed by atoms with van der Waals surface area (Å²) in [5.74, 6) is 0. The maximum atomic E-state index is 3.52. The van der Waals surface area contributed by atoms with Crippen LogP contribution in [0.2, 0.25) is 16.0 Å². The maximum absolute atomic E-state index is 3.52. The van der Waals surface area contributed by atoms with Crippen molar-refractivity contribution < 1.29 is 17.0 Å². The molecule has 10 heavy (non-hydrogen) atoms. The Morgan fingerprint density at radius 1 is 1.10 bits per heavy atom. The van der Waals surface area contributed by atoms with Crippen molar-refractivity contribution in [2.45, 2.75) is 35.2 Å². The Morgan fingerprint density at radius 3 is 2.20 bits per heavy atom. The maximum Gasteiger partial charge on any atom is -1.00 e. The Kier molecular flexibility index (Phi) is 8.20. The van der Waals surface area contributed by atoms with Crippen molar-refractivity contribution in [2.24, 2.45) is 0 Å². The summed E-state index contributed by atoms with van der Waals surface area (Å²) in [6, 6.07) is 0. The number of hydrogen-bond acceptors (Lipinski definition) is 0. The van der Waals surface area contributed by atoms with E-state index in [-0.39, 0.29) is 30.9 Å². The van der Waals surface area contributed by atoms with E-state index in [0.717, 1.165) is 0 Å². The molecular formula is C7H14Br2Se. The van der Waals surface area contributed by atoms with E-state index in [1.807, 2.05) is 0 Å². The van der Waals surface area contributed by atoms with Crippen molar-refractivity contribution in [1.82, 2.24) is 0 Å². The fourth-order valence-electron chi connectivity index (χ4n) is 1.20. The van der Waals surface area contributed by atoms with Crippen LogP contribution in [0.3, 0.4) is 0 Å². The number of halogens is 2. The van der Waals surface area contributed by atoms with Crippen molar-refractivity contribution in [3.63, 3.8) is 0 Å². The summed E-state index contributed by atoms with van der Waals surface area (Å²) in [6.07, 6.45) is 4.59. The minimum atomic E-state index is -0.0503. The van der Waals surface area contributed by atoms with Gasteiger partial charge in [-0.15, -0.1) is 0 Å². The second-order valence-electron chi connectivity index (χ2n) is 2.47. The molecule has 0 aromatic heterocycles. The van der Waals surface area contributed by atoms with Gasteiger partial charge in [0.15, 0.2) is 0 Å². The zero-order valence-corrected chi connectivity index (χ0v) is 11.0. The molecule has 1 heterocycles. The third kappa shape index (κ3) is 4.38. The second-order valence-corrected chi connectivity index (χ2v) is 8.41. The Balaban J connectivity index is 0.000000810. The number of hydrogen-bond donors (Lipinski definition) is 0. The molecule has 0 atom stereocenters. The van der Waals surface area contributed by atoms with Crippen LogP contribution in [0.1, 0.15) is 19.3 Å². The Morgan fingerprint density at radius 2 is 1.70 bits per heavy atom. The molecule has 0 aromatic rings. The first-order chi connectivity index (χ1) is 4.43. The summed E-state index contributed by atoms with van der Waals surface area (Å²) >= 11 is 3.47. The van der Waals surface area contributed by atoms with E-state index in [2.05, 4.69) is 15.9 Å². The van der Waals surface area contributed by atoms with E-state index in [9.17, 15) is 0 Å². The molecule has 1 aliphatic heterocycles. The fourth-order valence-corrected chi connectivity index (χ4v) is 7.90. The minimum absolute atomic E-state index is 0. The summed E-state index contributed by atoms with van der Waals surface area (Å²) in [4.78, 5) is 0. The SMILES string of the molecule is BrCC[Se+]1CCCCC1.[Br-]. The fraction of sp³-hybridized carbons (Fsp3) is 1.00. The van der Waals surface area contributed by atoms with Crippen LogP contribution in [0.15, 0.2) is 0 Å². The van der Waals surface area contributed by atoms with Gasteiger partial charge in [0.2, 0.25) is 0 Å². The van der Waals surface area contributed by atoms with Gasteiger partial charge in [-0.05, 0) is 0 Å². The summed E-state index contributed by atoms with van der Waals surface area (Å²) in [5, 5.41) is 6.02. The van der Waals surface area contributed by atoms with E-state index >= 15 is 0 Å². The van der Waals surface area contributed by atoms with E-state index in [4.69, 9.17) is 0 Å². The van der Waals surface area contributed by atoms with Crippen LogP contribution in [0, 0.1) is 0 Å². The van der Waals surface area contributed by atoms with Crippen LogP contribution in [0.4, 0.5) is 0 Å². The van der Waals surface area contributed by atoms with Gasteiger partial charge in [0, 0.05) is 0 Å². The van der Waals surface area contributed by atoms with Gasteiger partial charge in [-0.1, -0.05) is 0 Å². The third-order valence-electron chi connectivity index (χ3n) is 1.73. The van der Waals surface area contributed by atoms with E-state index in [1.165, 1.54) is 29.9 Å². The third-order valence-corrected chi connectivity index (χ3v) is 8.58. The minimum Gasteiger partial charge on any atom is -1.00 e. The van der Waals surface area contributed by atoms with Gasteiger partial charge in [0.05, 0.1) is 0 Å². The zero-order valence-electron chi connectivity index (χ0n) is 6.11. The zero-order chi connectivity index (χ0) is 6.53. The topological polar surface area (TPSA) is 0 Å². The predicted molar refractivity (Wildman–Crippen MR) is 47.8 cm³/mol. The Bertz CT molecular complexity index is 69.3. The molecule has 0 N–H and O–H groups in total. The first kappa shape index (κ1) is 11.5. The normalized spacial score (nSPS) is 20.1. The van der Waals surface area contributed by atoms with Gasteiger partial charge in [-0.25, -0.2) is 0 Å². The van der Waals surface area contributed by atoms with Crippen molar-refractivity contribution >= 4 is 29.8 Å². The van der Waals surface area contributed by atoms with Gasteiger partial charge in [0.1, 0.15) is 0 Å². The molecule has 1 rings (SSSR count). The standard InChI is InChI=1S/C7H14BrSe.BrH/c8-4-7-9-5-2-1-3-6-9;/h1-7H2;1H/q+1;/p-1. The van der Waals surface area contributed by atoms with Crippen LogP contribution < -0.4 is 17.0 Å². The summed E-state index contributed by atoms with van der Waals surface area (Å²) in [6.45, 7) is 0. The summed E-state index contributed by atoms with van der Waals surface area (Å²) in [7, 11) is 0. The molecule has 1 fully saturated rings. The van der Waals surface area contributed by atoms with Crippen LogP contribution >= 0.6 is 15.9 Å². The molecule has 1 aliphatic rings. The first-order valence-electron chi connectivity index (χ1n) is 3.63. The van der Waals surface area contributed by atoms with Gasteiger partial charge >= 0.3 is 70.4 Å². The molecule has 0 bridgehead atoms. The second kappa shape index (κ2) is 7.15. The van der Waals surface area contributed by atoms with Crippen molar-refractivity contribution in [3.05, 3.63) is 0 Å². The molecular weight excluding hydrogens is 323 g/mol. The Labute approximate surface area is 86.9 Å². The van der Waals surface area contributed by atoms with Crippen LogP contribution in [-0.4, -0.2) is 19.2 Å². The Hall–Kier alpha value is 1.48. The number of alkyl halides is 1. The molecule has 0 aromatic carbocycles. The average molecular weight is 337 g/mol. The molecule has 0 spiro atoms. The molecule has 0 saturated carbocycles. The van der Waals surface area contributed by atoms with E-state index in [0.29, 0.717) is 0 Å². The predicted octanol–water partition coefficient (Wildman–Crippen LogP) is 0.0640. The van der Waals surface area contributed by atoms with Crippen molar-refractivity contribution in [3.8, 4) is 0 Å². The molecule has 3 heteroatoms. The average Bonchev–Trinajstić information content (AvgIpc) is 1.91. The van der Waals surface area contributed by atoms with Crippen molar-refractivity contribution in [2.75, 3.05) is 5.33 Å². The van der Waals surface area contributed by atoms with Gasteiger partial charge < -0.3 is 17.0 Å². The smallest absolute Gasteiger partial charge is 1.00 e. The molecule has 0 nitrogen and oxygen atoms in total. The largest absolute Gasteiger partial charge is 1.00 e. The monoisotopic (exact) mass is 336 g/mol. The molecule has 0 radical (unpaired) electrons. The molecule has 62 valence electrons. The van der Waals surface area contributed by atoms with Gasteiger partial charge in [-0.2, -0.15) is 0 Å². The molecule has 0 amide bonds. The summed E-state index contributed by atoms with van der Waals surface area (Å²) < 4.78 is 0. The van der Waals surface area contributed by atoms with Crippen LogP contribution in [-0.2, 0) is 0 Å². The number of rotatable bonds is 2. The van der Waals surface area contributed by atoms with E-state index < -0.39 is 0 Å². The quantitative estimate of drug-likeness (QED) is 0.494. The van der Waals surface area contributed by atoms with Gasteiger partial charge in [0.25, 0.3) is 0 Å². The first-order valence-corrected chi connectivity index (χ1v) is 8.39. The van der Waals surface area contributed by atoms with Crippen molar-refractivity contribution in [1.29, 1.82) is 0 Å². The van der Waals surface area contributed by atoms with Gasteiger partial charge in [-0.3, -0.25) is 0 Å².